The van der Waals surface area contributed by atoms with Crippen molar-refractivity contribution >= 4 is 22.7 Å². The Kier molecular flexibility index (Phi) is 3.34. The fourth-order valence-electron chi connectivity index (χ4n) is 2.56. The van der Waals surface area contributed by atoms with E-state index in [0.717, 1.165) is 16.7 Å². The second kappa shape index (κ2) is 5.55. The monoisotopic (exact) mass is 337 g/mol. The summed E-state index contributed by atoms with van der Waals surface area (Å²) < 4.78 is 8.37. The molecule has 0 saturated carbocycles. The molecule has 25 heavy (non-hydrogen) atoms. The number of aryl methyl sites for hydroxylation is 3. The number of hydrogen-bond donors (Lipinski definition) is 1. The molecule has 1 N–H and O–H groups in total. The highest BCUT2D eigenvalue weighted by molar-refractivity contribution is 5.77. The largest absolute Gasteiger partial charge is 0.385 e. The van der Waals surface area contributed by atoms with E-state index in [2.05, 4.69) is 25.5 Å². The van der Waals surface area contributed by atoms with Gasteiger partial charge in [-0.15, -0.1) is 10.2 Å². The number of nitrogens with one attached hydrogen (secondary N) is 1. The average Bonchev–Trinajstić information content (AvgIpc) is 3.23. The quantitative estimate of drug-likeness (QED) is 0.580. The Bertz CT molecular complexity index is 1140. The molecule has 0 atom stereocenters. The maximum atomic E-state index is 12.0. The van der Waals surface area contributed by atoms with Gasteiger partial charge in [-0.25, -0.2) is 14.9 Å². The Morgan fingerprint density at radius 3 is 2.72 bits per heavy atom. The zero-order valence-corrected chi connectivity index (χ0v) is 13.9. The number of benzene rings is 1. The minimum Gasteiger partial charge on any atom is -0.336 e. The number of fused-ring (bicyclic) bond motifs is 1. The van der Waals surface area contributed by atoms with Crippen LogP contribution >= 0.6 is 0 Å². The van der Waals surface area contributed by atoms with E-state index in [1.54, 1.807) is 9.25 Å². The van der Waals surface area contributed by atoms with E-state index < -0.39 is 5.63 Å². The Hall–Kier alpha value is -3.49. The third-order valence-corrected chi connectivity index (χ3v) is 4.05. The summed E-state index contributed by atoms with van der Waals surface area (Å²) in [5, 5.41) is 15.1. The van der Waals surface area contributed by atoms with Gasteiger partial charge in [-0.3, -0.25) is 4.68 Å². The van der Waals surface area contributed by atoms with E-state index in [-0.39, 0.29) is 5.69 Å². The number of aromatic amines is 1. The summed E-state index contributed by atoms with van der Waals surface area (Å²) in [6.45, 7) is 1.91. The average molecular weight is 337 g/mol. The number of hydrogen-bond acceptors (Lipinski definition) is 6. The minimum absolute atomic E-state index is 0.0603. The highest BCUT2D eigenvalue weighted by Crippen LogP contribution is 2.27. The van der Waals surface area contributed by atoms with Crippen LogP contribution in [0, 0.1) is 6.92 Å². The van der Waals surface area contributed by atoms with Gasteiger partial charge in [0, 0.05) is 19.8 Å². The maximum Gasteiger partial charge on any atom is 0.385 e. The van der Waals surface area contributed by atoms with Crippen molar-refractivity contribution in [3.63, 3.8) is 0 Å². The zero-order chi connectivity index (χ0) is 17.6. The Morgan fingerprint density at radius 1 is 1.20 bits per heavy atom. The van der Waals surface area contributed by atoms with Crippen LogP contribution in [-0.2, 0) is 14.1 Å². The Morgan fingerprint density at radius 2 is 2.00 bits per heavy atom. The standard InChI is InChI=1S/C16H15N7O2/c1-9-8-11(20-23(9)3)13-14(15(24)25-21-13)18-19-16-17-10-6-4-5-7-12(10)22(16)2/h4-8,21H,1-3H3. The molecule has 4 aromatic rings. The van der Waals surface area contributed by atoms with Crippen molar-refractivity contribution in [2.45, 2.75) is 6.92 Å². The first-order valence-electron chi connectivity index (χ1n) is 7.60. The number of imidazole rings is 1. The Balaban J connectivity index is 1.78. The van der Waals surface area contributed by atoms with Crippen molar-refractivity contribution in [3.05, 3.63) is 46.4 Å². The molecule has 4 rings (SSSR count). The topological polar surface area (TPSA) is 106 Å². The molecule has 0 amide bonds. The fourth-order valence-corrected chi connectivity index (χ4v) is 2.56. The molecule has 0 aliphatic heterocycles. The van der Waals surface area contributed by atoms with Gasteiger partial charge in [0.05, 0.1) is 11.0 Å². The van der Waals surface area contributed by atoms with Crippen LogP contribution in [0.4, 0.5) is 11.6 Å². The molecule has 126 valence electrons. The molecule has 3 heterocycles. The van der Waals surface area contributed by atoms with Gasteiger partial charge >= 0.3 is 5.63 Å². The van der Waals surface area contributed by atoms with Crippen LogP contribution in [0.25, 0.3) is 22.4 Å². The van der Waals surface area contributed by atoms with Gasteiger partial charge in [-0.05, 0) is 25.1 Å². The maximum absolute atomic E-state index is 12.0. The molecule has 1 aromatic carbocycles. The molecule has 3 aromatic heterocycles. The van der Waals surface area contributed by atoms with Crippen LogP contribution in [0.3, 0.4) is 0 Å². The molecule has 0 unspecified atom stereocenters. The lowest BCUT2D eigenvalue weighted by Crippen LogP contribution is -1.93. The van der Waals surface area contributed by atoms with Gasteiger partial charge in [0.1, 0.15) is 11.4 Å². The first-order valence-corrected chi connectivity index (χ1v) is 7.60. The molecular weight excluding hydrogens is 322 g/mol. The lowest BCUT2D eigenvalue weighted by molar-refractivity contribution is 0.394. The molecule has 0 radical (unpaired) electrons. The first kappa shape index (κ1) is 15.1. The molecule has 0 saturated heterocycles. The van der Waals surface area contributed by atoms with E-state index in [0.29, 0.717) is 17.3 Å². The summed E-state index contributed by atoms with van der Waals surface area (Å²) in [5.41, 5.74) is 3.07. The van der Waals surface area contributed by atoms with Gasteiger partial charge in [0.2, 0.25) is 11.6 Å². The summed E-state index contributed by atoms with van der Waals surface area (Å²) in [4.78, 5) is 16.4. The molecule has 0 aliphatic carbocycles. The van der Waals surface area contributed by atoms with Gasteiger partial charge in [0.25, 0.3) is 0 Å². The van der Waals surface area contributed by atoms with Crippen molar-refractivity contribution in [1.29, 1.82) is 0 Å². The molecular formula is C16H15N7O2. The molecule has 9 heteroatoms. The number of nitrogens with zero attached hydrogens (tertiary/aromatic N) is 6. The van der Waals surface area contributed by atoms with Crippen LogP contribution in [0.5, 0.6) is 0 Å². The number of H-pyrrole nitrogens is 1. The predicted octanol–water partition coefficient (Wildman–Crippen LogP) is 2.98. The number of rotatable bonds is 3. The van der Waals surface area contributed by atoms with Crippen molar-refractivity contribution in [2.75, 3.05) is 0 Å². The van der Waals surface area contributed by atoms with Gasteiger partial charge in [0.15, 0.2) is 0 Å². The predicted molar refractivity (Wildman–Crippen MR) is 91.2 cm³/mol. The van der Waals surface area contributed by atoms with Gasteiger partial charge in [-0.2, -0.15) is 5.10 Å². The third kappa shape index (κ3) is 2.45. The van der Waals surface area contributed by atoms with Crippen molar-refractivity contribution in [2.24, 2.45) is 24.3 Å². The highest BCUT2D eigenvalue weighted by atomic mass is 16.5. The SMILES string of the molecule is Cc1cc(-c2[nH]oc(=O)c2N=Nc2nc3ccccc3n2C)nn1C. The van der Waals surface area contributed by atoms with Crippen LogP contribution in [0.1, 0.15) is 5.69 Å². The van der Waals surface area contributed by atoms with Crippen LogP contribution in [0.2, 0.25) is 0 Å². The third-order valence-electron chi connectivity index (χ3n) is 4.05. The number of para-hydroxylation sites is 2. The Labute approximate surface area is 141 Å². The van der Waals surface area contributed by atoms with E-state index in [1.165, 1.54) is 0 Å². The van der Waals surface area contributed by atoms with E-state index in [1.807, 2.05) is 51.4 Å². The fraction of sp³-hybridized carbons (Fsp3) is 0.188. The van der Waals surface area contributed by atoms with E-state index in [4.69, 9.17) is 4.52 Å². The first-order chi connectivity index (χ1) is 12.0. The van der Waals surface area contributed by atoms with E-state index >= 15 is 0 Å². The van der Waals surface area contributed by atoms with Crippen molar-refractivity contribution < 1.29 is 4.52 Å². The normalized spacial score (nSPS) is 11.8. The smallest absolute Gasteiger partial charge is 0.336 e. The van der Waals surface area contributed by atoms with Crippen molar-refractivity contribution in [3.8, 4) is 11.4 Å². The zero-order valence-electron chi connectivity index (χ0n) is 13.9. The molecule has 0 aliphatic rings. The number of azo groups is 1. The van der Waals surface area contributed by atoms with E-state index in [9.17, 15) is 4.79 Å². The summed E-state index contributed by atoms with van der Waals surface area (Å²) in [7, 11) is 3.66. The lowest BCUT2D eigenvalue weighted by Gasteiger charge is -1.95. The summed E-state index contributed by atoms with van der Waals surface area (Å²) in [5.74, 6) is 0.393. The lowest BCUT2D eigenvalue weighted by atomic mass is 10.2. The van der Waals surface area contributed by atoms with Crippen LogP contribution in [-0.4, -0.2) is 24.5 Å². The van der Waals surface area contributed by atoms with Crippen LogP contribution in [0.15, 0.2) is 49.9 Å². The molecule has 0 fully saturated rings. The highest BCUT2D eigenvalue weighted by Gasteiger charge is 2.17. The second-order valence-electron chi connectivity index (χ2n) is 5.67. The number of aromatic nitrogens is 5. The summed E-state index contributed by atoms with van der Waals surface area (Å²) >= 11 is 0. The van der Waals surface area contributed by atoms with Crippen LogP contribution < -0.4 is 5.63 Å². The molecule has 0 bridgehead atoms. The summed E-state index contributed by atoms with van der Waals surface area (Å²) in [6.07, 6.45) is 0. The molecule has 9 nitrogen and oxygen atoms in total. The van der Waals surface area contributed by atoms with Crippen molar-refractivity contribution in [1.82, 2.24) is 24.5 Å². The minimum atomic E-state index is -0.610. The van der Waals surface area contributed by atoms with Gasteiger partial charge < -0.3 is 9.09 Å². The summed E-state index contributed by atoms with van der Waals surface area (Å²) in [6, 6.07) is 9.48. The second-order valence-corrected chi connectivity index (χ2v) is 5.67. The van der Waals surface area contributed by atoms with Gasteiger partial charge in [-0.1, -0.05) is 12.1 Å². The molecule has 0 spiro atoms.